The predicted molar refractivity (Wildman–Crippen MR) is 57.0 cm³/mol. The van der Waals surface area contributed by atoms with Crippen molar-refractivity contribution in [2.45, 2.75) is 0 Å². The first-order valence-corrected chi connectivity index (χ1v) is 4.55. The number of hydrogen-bond acceptors (Lipinski definition) is 3. The summed E-state index contributed by atoms with van der Waals surface area (Å²) in [4.78, 5) is 25.5. The lowest BCUT2D eigenvalue weighted by atomic mass is 10.3. The number of carbonyl (C=O) groups excluding carboxylic acids is 1. The van der Waals surface area contributed by atoms with Crippen LogP contribution in [0, 0.1) is 0 Å². The molecular formula is C10H9N3O3. The Bertz CT molecular complexity index is 574. The molecule has 0 bridgehead atoms. The third-order valence-corrected chi connectivity index (χ3v) is 2.21. The van der Waals surface area contributed by atoms with E-state index in [4.69, 9.17) is 5.11 Å². The zero-order valence-electron chi connectivity index (χ0n) is 8.47. The normalized spacial score (nSPS) is 10.3. The summed E-state index contributed by atoms with van der Waals surface area (Å²) in [6, 6.07) is 7.27. The van der Waals surface area contributed by atoms with Crippen molar-refractivity contribution in [1.29, 1.82) is 0 Å². The number of carbonyl (C=O) groups is 2. The summed E-state index contributed by atoms with van der Waals surface area (Å²) in [5.41, 5.74) is 1.52. The van der Waals surface area contributed by atoms with Crippen molar-refractivity contribution in [3.8, 4) is 0 Å². The maximum absolute atomic E-state index is 11.0. The number of nitrogens with zero attached hydrogens (tertiary/aromatic N) is 2. The van der Waals surface area contributed by atoms with E-state index in [9.17, 15) is 9.59 Å². The van der Waals surface area contributed by atoms with Gasteiger partial charge in [0.1, 0.15) is 0 Å². The van der Waals surface area contributed by atoms with Crippen molar-refractivity contribution >= 4 is 28.9 Å². The van der Waals surface area contributed by atoms with Gasteiger partial charge >= 0.3 is 11.9 Å². The van der Waals surface area contributed by atoms with Gasteiger partial charge in [0.05, 0.1) is 11.0 Å². The van der Waals surface area contributed by atoms with E-state index in [2.05, 4.69) is 10.3 Å². The lowest BCUT2D eigenvalue weighted by Crippen LogP contribution is -2.23. The quantitative estimate of drug-likeness (QED) is 0.688. The molecule has 2 N–H and O–H groups in total. The fraction of sp³-hybridized carbons (Fsp3) is 0.100. The Morgan fingerprint density at radius 3 is 2.69 bits per heavy atom. The smallest absolute Gasteiger partial charge is 0.394 e. The van der Waals surface area contributed by atoms with E-state index in [1.54, 1.807) is 17.7 Å². The maximum atomic E-state index is 11.0. The number of imidazole rings is 1. The van der Waals surface area contributed by atoms with Crippen LogP contribution in [0.2, 0.25) is 0 Å². The first-order chi connectivity index (χ1) is 7.59. The minimum atomic E-state index is -1.54. The van der Waals surface area contributed by atoms with Crippen LogP contribution in [0.3, 0.4) is 0 Å². The molecular weight excluding hydrogens is 210 g/mol. The second kappa shape index (κ2) is 3.65. The van der Waals surface area contributed by atoms with E-state index in [1.165, 1.54) is 0 Å². The van der Waals surface area contributed by atoms with Crippen molar-refractivity contribution in [3.05, 3.63) is 24.3 Å². The molecule has 0 saturated heterocycles. The van der Waals surface area contributed by atoms with Crippen molar-refractivity contribution < 1.29 is 14.7 Å². The van der Waals surface area contributed by atoms with E-state index in [0.29, 0.717) is 5.52 Å². The number of fused-ring (bicyclic) bond motifs is 1. The third-order valence-electron chi connectivity index (χ3n) is 2.21. The maximum Gasteiger partial charge on any atom is 0.394 e. The highest BCUT2D eigenvalue weighted by Gasteiger charge is 2.15. The molecule has 6 nitrogen and oxygen atoms in total. The largest absolute Gasteiger partial charge is 0.474 e. The molecule has 1 heterocycles. The van der Waals surface area contributed by atoms with Crippen LogP contribution in [-0.4, -0.2) is 26.5 Å². The van der Waals surface area contributed by atoms with Crippen LogP contribution in [0.5, 0.6) is 0 Å². The highest BCUT2D eigenvalue weighted by molar-refractivity contribution is 6.36. The van der Waals surface area contributed by atoms with Crippen molar-refractivity contribution in [1.82, 2.24) is 9.55 Å². The average Bonchev–Trinajstić information content (AvgIpc) is 2.56. The summed E-state index contributed by atoms with van der Waals surface area (Å²) < 4.78 is 1.62. The van der Waals surface area contributed by atoms with Gasteiger partial charge in [0.15, 0.2) is 0 Å². The van der Waals surface area contributed by atoms with Crippen molar-refractivity contribution in [2.24, 2.45) is 7.05 Å². The molecule has 6 heteroatoms. The number of aliphatic carboxylic acids is 1. The molecule has 0 aliphatic heterocycles. The van der Waals surface area contributed by atoms with Crippen LogP contribution < -0.4 is 5.32 Å². The average molecular weight is 219 g/mol. The van der Waals surface area contributed by atoms with Gasteiger partial charge in [-0.15, -0.1) is 0 Å². The molecule has 0 unspecified atom stereocenters. The van der Waals surface area contributed by atoms with Crippen LogP contribution in [0.25, 0.3) is 11.0 Å². The molecule has 0 aliphatic carbocycles. The molecule has 0 atom stereocenters. The van der Waals surface area contributed by atoms with Crippen LogP contribution in [-0.2, 0) is 16.6 Å². The Hall–Kier alpha value is -2.37. The number of para-hydroxylation sites is 2. The second-order valence-electron chi connectivity index (χ2n) is 3.24. The minimum absolute atomic E-state index is 0.216. The number of hydrogen-bond donors (Lipinski definition) is 2. The lowest BCUT2D eigenvalue weighted by molar-refractivity contribution is -0.147. The molecule has 0 saturated carbocycles. The van der Waals surface area contributed by atoms with E-state index >= 15 is 0 Å². The minimum Gasteiger partial charge on any atom is -0.474 e. The van der Waals surface area contributed by atoms with Gasteiger partial charge in [-0.2, -0.15) is 0 Å². The molecule has 16 heavy (non-hydrogen) atoms. The van der Waals surface area contributed by atoms with Gasteiger partial charge in [0, 0.05) is 7.05 Å². The Labute approximate surface area is 90.5 Å². The van der Waals surface area contributed by atoms with E-state index in [0.717, 1.165) is 5.52 Å². The van der Waals surface area contributed by atoms with Gasteiger partial charge in [-0.1, -0.05) is 12.1 Å². The summed E-state index contributed by atoms with van der Waals surface area (Å²) in [7, 11) is 1.70. The topological polar surface area (TPSA) is 84.2 Å². The number of anilines is 1. The van der Waals surface area contributed by atoms with Gasteiger partial charge in [-0.05, 0) is 12.1 Å². The standard InChI is InChI=1S/C10H9N3O3/c1-13-7-5-3-2-4-6(7)11-10(13)12-8(14)9(15)16/h2-5H,1H3,(H,15,16)(H,11,12,14). The molecule has 0 spiro atoms. The fourth-order valence-electron chi connectivity index (χ4n) is 1.41. The summed E-state index contributed by atoms with van der Waals surface area (Å²) in [5, 5.41) is 10.7. The van der Waals surface area contributed by atoms with Crippen LogP contribution in [0.15, 0.2) is 24.3 Å². The SMILES string of the molecule is Cn1c(NC(=O)C(=O)O)nc2ccccc21. The Balaban J connectivity index is 2.42. The van der Waals surface area contributed by atoms with Gasteiger partial charge in [0.25, 0.3) is 0 Å². The van der Waals surface area contributed by atoms with E-state index in [1.807, 2.05) is 18.2 Å². The Morgan fingerprint density at radius 1 is 1.38 bits per heavy atom. The van der Waals surface area contributed by atoms with Crippen LogP contribution in [0.1, 0.15) is 0 Å². The van der Waals surface area contributed by atoms with Crippen molar-refractivity contribution in [2.75, 3.05) is 5.32 Å². The molecule has 1 amide bonds. The monoisotopic (exact) mass is 219 g/mol. The number of benzene rings is 1. The number of aryl methyl sites for hydroxylation is 1. The number of amides is 1. The highest BCUT2D eigenvalue weighted by Crippen LogP contribution is 2.17. The van der Waals surface area contributed by atoms with Gasteiger partial charge in [0.2, 0.25) is 5.95 Å². The van der Waals surface area contributed by atoms with E-state index < -0.39 is 11.9 Å². The summed E-state index contributed by atoms with van der Waals surface area (Å²) in [6.07, 6.45) is 0. The fourth-order valence-corrected chi connectivity index (χ4v) is 1.41. The predicted octanol–water partition coefficient (Wildman–Crippen LogP) is 0.596. The number of carboxylic acid groups (broad SMARTS) is 1. The Morgan fingerprint density at radius 2 is 2.06 bits per heavy atom. The lowest BCUT2D eigenvalue weighted by Gasteiger charge is -2.01. The van der Waals surface area contributed by atoms with Gasteiger partial charge < -0.3 is 9.67 Å². The van der Waals surface area contributed by atoms with Gasteiger partial charge in [-0.3, -0.25) is 10.1 Å². The van der Waals surface area contributed by atoms with E-state index in [-0.39, 0.29) is 5.95 Å². The number of aromatic nitrogens is 2. The van der Waals surface area contributed by atoms with Gasteiger partial charge in [-0.25, -0.2) is 9.78 Å². The number of carboxylic acids is 1. The first kappa shape index (κ1) is 10.2. The summed E-state index contributed by atoms with van der Waals surface area (Å²) >= 11 is 0. The zero-order valence-corrected chi connectivity index (χ0v) is 8.47. The summed E-state index contributed by atoms with van der Waals surface area (Å²) in [5.74, 6) is -2.42. The number of rotatable bonds is 1. The number of nitrogens with one attached hydrogen (secondary N) is 1. The molecule has 1 aromatic carbocycles. The first-order valence-electron chi connectivity index (χ1n) is 4.55. The summed E-state index contributed by atoms with van der Waals surface area (Å²) in [6.45, 7) is 0. The Kier molecular flexibility index (Phi) is 2.32. The van der Waals surface area contributed by atoms with Crippen LogP contribution >= 0.6 is 0 Å². The highest BCUT2D eigenvalue weighted by atomic mass is 16.4. The second-order valence-corrected chi connectivity index (χ2v) is 3.24. The van der Waals surface area contributed by atoms with Crippen molar-refractivity contribution in [3.63, 3.8) is 0 Å². The third kappa shape index (κ3) is 1.60. The van der Waals surface area contributed by atoms with Crippen LogP contribution in [0.4, 0.5) is 5.95 Å². The molecule has 0 aliphatic rings. The molecule has 0 radical (unpaired) electrons. The molecule has 1 aromatic heterocycles. The zero-order chi connectivity index (χ0) is 11.7. The molecule has 82 valence electrons. The molecule has 2 aromatic rings. The molecule has 2 rings (SSSR count). The molecule has 0 fully saturated rings.